The summed E-state index contributed by atoms with van der Waals surface area (Å²) in [4.78, 5) is 0. The van der Waals surface area contributed by atoms with Gasteiger partial charge in [-0.2, -0.15) is 0 Å². The molecular weight excluding hydrogens is 298 g/mol. The minimum atomic E-state index is -3.39. The van der Waals surface area contributed by atoms with Crippen molar-refractivity contribution in [1.82, 2.24) is 0 Å². The lowest BCUT2D eigenvalue weighted by Gasteiger charge is -2.35. The van der Waals surface area contributed by atoms with Crippen LogP contribution in [0.3, 0.4) is 0 Å². The predicted octanol–water partition coefficient (Wildman–Crippen LogP) is 0.990. The number of hydrogen-bond acceptors (Lipinski definition) is 5. The fraction of sp³-hybridized carbons (Fsp3) is 1.00. The average Bonchev–Trinajstić information content (AvgIpc) is 2.36. The van der Waals surface area contributed by atoms with Gasteiger partial charge in [-0.25, -0.2) is 16.8 Å². The van der Waals surface area contributed by atoms with E-state index in [-0.39, 0.29) is 17.4 Å². The third-order valence-electron chi connectivity index (χ3n) is 4.24. The van der Waals surface area contributed by atoms with E-state index in [1.807, 2.05) is 0 Å². The van der Waals surface area contributed by atoms with Crippen LogP contribution in [-0.2, 0) is 19.7 Å². The van der Waals surface area contributed by atoms with Crippen LogP contribution in [0.25, 0.3) is 0 Å². The van der Waals surface area contributed by atoms with Gasteiger partial charge in [0.2, 0.25) is 0 Å². The quantitative estimate of drug-likeness (QED) is 0.753. The summed E-state index contributed by atoms with van der Waals surface area (Å²) in [5.74, 6) is -0.151. The first-order valence-corrected chi connectivity index (χ1v) is 11.1. The van der Waals surface area contributed by atoms with Gasteiger partial charge in [0.15, 0.2) is 9.84 Å². The zero-order chi connectivity index (χ0) is 15.4. The summed E-state index contributed by atoms with van der Waals surface area (Å²) in [6.07, 6.45) is 5.67. The van der Waals surface area contributed by atoms with Gasteiger partial charge in [-0.1, -0.05) is 26.2 Å². The summed E-state index contributed by atoms with van der Waals surface area (Å²) in [7, 11) is -6.64. The summed E-state index contributed by atoms with van der Waals surface area (Å²) < 4.78 is 47.2. The van der Waals surface area contributed by atoms with Gasteiger partial charge >= 0.3 is 0 Å². The Morgan fingerprint density at radius 2 is 1.75 bits per heavy atom. The highest BCUT2D eigenvalue weighted by molar-refractivity contribution is 7.95. The molecule has 0 aromatic rings. The zero-order valence-corrected chi connectivity index (χ0v) is 14.0. The summed E-state index contributed by atoms with van der Waals surface area (Å²) in [6.45, 7) is 2.46. The normalized spacial score (nSPS) is 28.4. The van der Waals surface area contributed by atoms with E-state index in [0.717, 1.165) is 31.9 Å². The molecular formula is C13H27NO4S2. The molecule has 0 aliphatic heterocycles. The molecule has 3 unspecified atom stereocenters. The van der Waals surface area contributed by atoms with E-state index in [0.29, 0.717) is 18.9 Å². The lowest BCUT2D eigenvalue weighted by Crippen LogP contribution is -2.41. The maximum absolute atomic E-state index is 12.4. The molecule has 0 bridgehead atoms. The van der Waals surface area contributed by atoms with Gasteiger partial charge in [-0.15, -0.1) is 0 Å². The van der Waals surface area contributed by atoms with Gasteiger partial charge in [0.1, 0.15) is 9.84 Å². The third-order valence-corrected chi connectivity index (χ3v) is 7.71. The van der Waals surface area contributed by atoms with Crippen LogP contribution in [0.1, 0.15) is 39.0 Å². The van der Waals surface area contributed by atoms with Crippen LogP contribution < -0.4 is 5.73 Å². The Balaban J connectivity index is 2.81. The van der Waals surface area contributed by atoms with Gasteiger partial charge in [-0.05, 0) is 31.2 Å². The molecule has 1 saturated carbocycles. The molecule has 1 rings (SSSR count). The van der Waals surface area contributed by atoms with Crippen LogP contribution in [0.2, 0.25) is 0 Å². The first-order valence-electron chi connectivity index (χ1n) is 7.29. The molecule has 7 heteroatoms. The largest absolute Gasteiger partial charge is 0.330 e. The Kier molecular flexibility index (Phi) is 6.47. The van der Waals surface area contributed by atoms with Crippen molar-refractivity contribution in [3.05, 3.63) is 0 Å². The molecule has 2 N–H and O–H groups in total. The number of sulfone groups is 2. The second-order valence-electron chi connectivity index (χ2n) is 6.00. The monoisotopic (exact) mass is 325 g/mol. The summed E-state index contributed by atoms with van der Waals surface area (Å²) in [5.41, 5.74) is 5.71. The Bertz CT molecular complexity index is 498. The fourth-order valence-corrected chi connectivity index (χ4v) is 6.92. The Morgan fingerprint density at radius 1 is 1.10 bits per heavy atom. The number of nitrogens with two attached hydrogens (primary N) is 1. The minimum absolute atomic E-state index is 0.0207. The van der Waals surface area contributed by atoms with Crippen LogP contribution >= 0.6 is 0 Å². The number of rotatable bonds is 7. The molecule has 0 aromatic heterocycles. The highest BCUT2D eigenvalue weighted by Crippen LogP contribution is 2.35. The van der Waals surface area contributed by atoms with Gasteiger partial charge in [-0.3, -0.25) is 0 Å². The highest BCUT2D eigenvalue weighted by atomic mass is 32.2. The second-order valence-corrected chi connectivity index (χ2v) is 10.6. The fourth-order valence-electron chi connectivity index (χ4n) is 3.07. The lowest BCUT2D eigenvalue weighted by atomic mass is 9.80. The molecule has 3 atom stereocenters. The van der Waals surface area contributed by atoms with Crippen molar-refractivity contribution in [2.75, 3.05) is 24.3 Å². The highest BCUT2D eigenvalue weighted by Gasteiger charge is 2.38. The molecule has 120 valence electrons. The summed E-state index contributed by atoms with van der Waals surface area (Å²) in [6, 6.07) is 0. The first kappa shape index (κ1) is 17.9. The van der Waals surface area contributed by atoms with Crippen LogP contribution in [0.4, 0.5) is 0 Å². The molecule has 0 aromatic carbocycles. The first-order chi connectivity index (χ1) is 9.19. The topological polar surface area (TPSA) is 94.3 Å². The second kappa shape index (κ2) is 7.22. The molecule has 0 radical (unpaired) electrons. The van der Waals surface area contributed by atoms with Gasteiger partial charge in [0.05, 0.1) is 16.8 Å². The number of hydrogen-bond donors (Lipinski definition) is 1. The molecule has 1 aliphatic carbocycles. The van der Waals surface area contributed by atoms with E-state index in [2.05, 4.69) is 6.92 Å². The van der Waals surface area contributed by atoms with E-state index < -0.39 is 24.9 Å². The van der Waals surface area contributed by atoms with Gasteiger partial charge in [0, 0.05) is 6.26 Å². The molecule has 0 spiro atoms. The maximum atomic E-state index is 12.4. The molecule has 1 fully saturated rings. The van der Waals surface area contributed by atoms with Crippen molar-refractivity contribution in [3.8, 4) is 0 Å². The van der Waals surface area contributed by atoms with E-state index in [9.17, 15) is 16.8 Å². The maximum Gasteiger partial charge on any atom is 0.154 e. The molecule has 1 aliphatic rings. The van der Waals surface area contributed by atoms with Crippen molar-refractivity contribution >= 4 is 19.7 Å². The molecule has 0 heterocycles. The van der Waals surface area contributed by atoms with Crippen molar-refractivity contribution < 1.29 is 16.8 Å². The lowest BCUT2D eigenvalue weighted by molar-refractivity contribution is 0.268. The standard InChI is InChI=1S/C13H27NO4S2/c1-3-4-11-5-6-12(10-14)13(9-11)20(17,18)8-7-19(2,15)16/h11-13H,3-10,14H2,1-2H3. The summed E-state index contributed by atoms with van der Waals surface area (Å²) in [5, 5.41) is -0.459. The van der Waals surface area contributed by atoms with Crippen molar-refractivity contribution in [2.24, 2.45) is 17.6 Å². The Labute approximate surface area is 123 Å². The summed E-state index contributed by atoms with van der Waals surface area (Å²) >= 11 is 0. The zero-order valence-electron chi connectivity index (χ0n) is 12.4. The van der Waals surface area contributed by atoms with Crippen molar-refractivity contribution in [2.45, 2.75) is 44.3 Å². The molecule has 0 saturated heterocycles. The smallest absolute Gasteiger partial charge is 0.154 e. The van der Waals surface area contributed by atoms with E-state index in [1.165, 1.54) is 0 Å². The van der Waals surface area contributed by atoms with E-state index in [4.69, 9.17) is 5.73 Å². The van der Waals surface area contributed by atoms with Crippen LogP contribution in [0.5, 0.6) is 0 Å². The van der Waals surface area contributed by atoms with Crippen LogP contribution in [-0.4, -0.2) is 46.4 Å². The van der Waals surface area contributed by atoms with Gasteiger partial charge in [0.25, 0.3) is 0 Å². The van der Waals surface area contributed by atoms with E-state index >= 15 is 0 Å². The Morgan fingerprint density at radius 3 is 2.25 bits per heavy atom. The Hall–Kier alpha value is -0.140. The average molecular weight is 325 g/mol. The van der Waals surface area contributed by atoms with Crippen molar-refractivity contribution in [3.63, 3.8) is 0 Å². The minimum Gasteiger partial charge on any atom is -0.330 e. The van der Waals surface area contributed by atoms with Gasteiger partial charge < -0.3 is 5.73 Å². The molecule has 20 heavy (non-hydrogen) atoms. The predicted molar refractivity (Wildman–Crippen MR) is 82.1 cm³/mol. The molecule has 0 amide bonds. The van der Waals surface area contributed by atoms with Crippen LogP contribution in [0.15, 0.2) is 0 Å². The SMILES string of the molecule is CCCC1CCC(CN)C(S(=O)(=O)CCS(C)(=O)=O)C1. The molecule has 5 nitrogen and oxygen atoms in total. The third kappa shape index (κ3) is 5.33. The van der Waals surface area contributed by atoms with Crippen molar-refractivity contribution in [1.29, 1.82) is 0 Å². The van der Waals surface area contributed by atoms with E-state index in [1.54, 1.807) is 0 Å². The van der Waals surface area contributed by atoms with Crippen LogP contribution in [0, 0.1) is 11.8 Å².